The summed E-state index contributed by atoms with van der Waals surface area (Å²) in [6, 6.07) is 8.41. The zero-order valence-corrected chi connectivity index (χ0v) is 12.9. The first-order valence-corrected chi connectivity index (χ1v) is 7.90. The average Bonchev–Trinajstić information content (AvgIpc) is 2.78. The van der Waals surface area contributed by atoms with Gasteiger partial charge < -0.3 is 5.73 Å². The summed E-state index contributed by atoms with van der Waals surface area (Å²) < 4.78 is 0. The molecule has 2 rings (SSSR count). The SMILES string of the molecule is CC(C)CC1(C(N)Cc2cccc(Cl)c2)CCCC1. The lowest BCUT2D eigenvalue weighted by molar-refractivity contribution is 0.181. The molecule has 19 heavy (non-hydrogen) atoms. The lowest BCUT2D eigenvalue weighted by atomic mass is 9.71. The summed E-state index contributed by atoms with van der Waals surface area (Å²) in [4.78, 5) is 0. The summed E-state index contributed by atoms with van der Waals surface area (Å²) in [5.41, 5.74) is 8.23. The number of hydrogen-bond donors (Lipinski definition) is 1. The summed E-state index contributed by atoms with van der Waals surface area (Å²) in [6.45, 7) is 4.62. The molecule has 0 radical (unpaired) electrons. The zero-order valence-electron chi connectivity index (χ0n) is 12.2. The first-order chi connectivity index (χ1) is 9.02. The van der Waals surface area contributed by atoms with Gasteiger partial charge in [-0.15, -0.1) is 0 Å². The lowest BCUT2D eigenvalue weighted by Gasteiger charge is -2.37. The molecule has 1 aromatic rings. The van der Waals surface area contributed by atoms with Crippen molar-refractivity contribution in [3.63, 3.8) is 0 Å². The van der Waals surface area contributed by atoms with Crippen LogP contribution in [0, 0.1) is 11.3 Å². The van der Waals surface area contributed by atoms with E-state index in [1.165, 1.54) is 37.7 Å². The van der Waals surface area contributed by atoms with Gasteiger partial charge in [0.1, 0.15) is 0 Å². The van der Waals surface area contributed by atoms with Crippen molar-refractivity contribution >= 4 is 11.6 Å². The quantitative estimate of drug-likeness (QED) is 0.822. The van der Waals surface area contributed by atoms with Crippen molar-refractivity contribution in [1.82, 2.24) is 0 Å². The molecule has 0 saturated heterocycles. The molecule has 2 heteroatoms. The first-order valence-electron chi connectivity index (χ1n) is 7.52. The van der Waals surface area contributed by atoms with E-state index in [1.807, 2.05) is 12.1 Å². The van der Waals surface area contributed by atoms with Gasteiger partial charge in [-0.1, -0.05) is 50.4 Å². The number of hydrogen-bond acceptors (Lipinski definition) is 1. The molecule has 0 heterocycles. The molecule has 2 N–H and O–H groups in total. The second-order valence-electron chi connectivity index (χ2n) is 6.61. The molecule has 1 atom stereocenters. The van der Waals surface area contributed by atoms with Crippen LogP contribution in [0.1, 0.15) is 51.5 Å². The van der Waals surface area contributed by atoms with Crippen LogP contribution in [0.15, 0.2) is 24.3 Å². The summed E-state index contributed by atoms with van der Waals surface area (Å²) in [5, 5.41) is 0.814. The van der Waals surface area contributed by atoms with Crippen LogP contribution < -0.4 is 5.73 Å². The monoisotopic (exact) mass is 279 g/mol. The first kappa shape index (κ1) is 14.9. The standard InChI is InChI=1S/C17H26ClN/c1-13(2)12-17(8-3-4-9-17)16(19)11-14-6-5-7-15(18)10-14/h5-7,10,13,16H,3-4,8-9,11-12,19H2,1-2H3. The minimum Gasteiger partial charge on any atom is -0.327 e. The number of nitrogens with two attached hydrogens (primary N) is 1. The fraction of sp³-hybridized carbons (Fsp3) is 0.647. The second-order valence-corrected chi connectivity index (χ2v) is 7.04. The van der Waals surface area contributed by atoms with Gasteiger partial charge in [-0.25, -0.2) is 0 Å². The predicted molar refractivity (Wildman–Crippen MR) is 83.5 cm³/mol. The highest BCUT2D eigenvalue weighted by Crippen LogP contribution is 2.46. The molecule has 0 aliphatic heterocycles. The summed E-state index contributed by atoms with van der Waals surface area (Å²) in [7, 11) is 0. The summed E-state index contributed by atoms with van der Waals surface area (Å²) in [5.74, 6) is 0.725. The van der Waals surface area contributed by atoms with E-state index in [2.05, 4.69) is 26.0 Å². The third-order valence-electron chi connectivity index (χ3n) is 4.55. The van der Waals surface area contributed by atoms with E-state index in [0.29, 0.717) is 5.41 Å². The smallest absolute Gasteiger partial charge is 0.0408 e. The Morgan fingerprint density at radius 2 is 1.95 bits per heavy atom. The fourth-order valence-electron chi connectivity index (χ4n) is 3.75. The second kappa shape index (κ2) is 6.28. The van der Waals surface area contributed by atoms with Crippen LogP contribution in [0.25, 0.3) is 0 Å². The van der Waals surface area contributed by atoms with Crippen molar-refractivity contribution in [2.24, 2.45) is 17.1 Å². The topological polar surface area (TPSA) is 26.0 Å². The highest BCUT2D eigenvalue weighted by atomic mass is 35.5. The van der Waals surface area contributed by atoms with Crippen LogP contribution >= 0.6 is 11.6 Å². The van der Waals surface area contributed by atoms with Gasteiger partial charge in [-0.05, 0) is 54.7 Å². The third-order valence-corrected chi connectivity index (χ3v) is 4.78. The van der Waals surface area contributed by atoms with E-state index in [0.717, 1.165) is 17.4 Å². The van der Waals surface area contributed by atoms with Crippen molar-refractivity contribution in [2.45, 2.75) is 58.4 Å². The van der Waals surface area contributed by atoms with Gasteiger partial charge in [0.05, 0.1) is 0 Å². The largest absolute Gasteiger partial charge is 0.327 e. The number of benzene rings is 1. The van der Waals surface area contributed by atoms with Gasteiger partial charge in [0.25, 0.3) is 0 Å². The summed E-state index contributed by atoms with van der Waals surface area (Å²) in [6.07, 6.45) is 7.49. The van der Waals surface area contributed by atoms with E-state index >= 15 is 0 Å². The van der Waals surface area contributed by atoms with E-state index in [4.69, 9.17) is 17.3 Å². The van der Waals surface area contributed by atoms with Gasteiger partial charge in [0, 0.05) is 11.1 Å². The molecular formula is C17H26ClN. The fourth-order valence-corrected chi connectivity index (χ4v) is 3.97. The van der Waals surface area contributed by atoms with Crippen LogP contribution in [0.4, 0.5) is 0 Å². The molecule has 1 unspecified atom stereocenters. The maximum absolute atomic E-state index is 6.60. The van der Waals surface area contributed by atoms with E-state index in [9.17, 15) is 0 Å². The van der Waals surface area contributed by atoms with Crippen LogP contribution in [0.2, 0.25) is 5.02 Å². The van der Waals surface area contributed by atoms with Gasteiger partial charge in [-0.2, -0.15) is 0 Å². The van der Waals surface area contributed by atoms with Gasteiger partial charge in [-0.3, -0.25) is 0 Å². The Hall–Kier alpha value is -0.530. The molecule has 1 nitrogen and oxygen atoms in total. The Bertz CT molecular complexity index is 407. The molecule has 0 spiro atoms. The predicted octanol–water partition coefficient (Wildman–Crippen LogP) is 4.82. The maximum atomic E-state index is 6.60. The Balaban J connectivity index is 2.09. The Kier molecular flexibility index (Phi) is 4.92. The number of halogens is 1. The van der Waals surface area contributed by atoms with Gasteiger partial charge in [0.2, 0.25) is 0 Å². The molecule has 0 aromatic heterocycles. The van der Waals surface area contributed by atoms with Crippen molar-refractivity contribution < 1.29 is 0 Å². The number of rotatable bonds is 5. The summed E-state index contributed by atoms with van der Waals surface area (Å²) >= 11 is 6.07. The van der Waals surface area contributed by atoms with Crippen molar-refractivity contribution in [1.29, 1.82) is 0 Å². The molecule has 1 fully saturated rings. The van der Waals surface area contributed by atoms with Gasteiger partial charge in [0.15, 0.2) is 0 Å². The highest BCUT2D eigenvalue weighted by Gasteiger charge is 2.39. The van der Waals surface area contributed by atoms with Crippen LogP contribution in [0.3, 0.4) is 0 Å². The Labute approximate surface area is 122 Å². The molecule has 1 aliphatic rings. The van der Waals surface area contributed by atoms with Crippen molar-refractivity contribution in [3.05, 3.63) is 34.9 Å². The zero-order chi connectivity index (χ0) is 13.9. The molecule has 1 saturated carbocycles. The minimum absolute atomic E-state index is 0.260. The molecule has 106 valence electrons. The normalized spacial score (nSPS) is 19.8. The Morgan fingerprint density at radius 3 is 2.53 bits per heavy atom. The Morgan fingerprint density at radius 1 is 1.26 bits per heavy atom. The van der Waals surface area contributed by atoms with Crippen LogP contribution in [-0.2, 0) is 6.42 Å². The highest BCUT2D eigenvalue weighted by molar-refractivity contribution is 6.30. The van der Waals surface area contributed by atoms with Crippen molar-refractivity contribution in [2.75, 3.05) is 0 Å². The van der Waals surface area contributed by atoms with E-state index in [1.54, 1.807) is 0 Å². The van der Waals surface area contributed by atoms with E-state index < -0.39 is 0 Å². The molecule has 1 aliphatic carbocycles. The van der Waals surface area contributed by atoms with Crippen LogP contribution in [-0.4, -0.2) is 6.04 Å². The van der Waals surface area contributed by atoms with Crippen molar-refractivity contribution in [3.8, 4) is 0 Å². The van der Waals surface area contributed by atoms with Gasteiger partial charge >= 0.3 is 0 Å². The molecule has 1 aromatic carbocycles. The molecule has 0 amide bonds. The minimum atomic E-state index is 0.260. The van der Waals surface area contributed by atoms with E-state index in [-0.39, 0.29) is 6.04 Å². The maximum Gasteiger partial charge on any atom is 0.0408 e. The third kappa shape index (κ3) is 3.73. The average molecular weight is 280 g/mol. The van der Waals surface area contributed by atoms with Crippen LogP contribution in [0.5, 0.6) is 0 Å². The molecule has 0 bridgehead atoms. The lowest BCUT2D eigenvalue weighted by Crippen LogP contribution is -2.42. The molecular weight excluding hydrogens is 254 g/mol.